The molecule has 5 heteroatoms. The summed E-state index contributed by atoms with van der Waals surface area (Å²) in [6, 6.07) is 7.16. The van der Waals surface area contributed by atoms with Gasteiger partial charge < -0.3 is 4.52 Å². The van der Waals surface area contributed by atoms with E-state index in [0.29, 0.717) is 10.7 Å². The SMILES string of the molecule is Clc1cc(-c2ccc(Br)c(Cl)c2)no1. The Kier molecular flexibility index (Phi) is 2.81. The maximum atomic E-state index is 5.93. The molecule has 1 heterocycles. The molecule has 1 aromatic heterocycles. The third-order valence-electron chi connectivity index (χ3n) is 1.70. The molecule has 0 fully saturated rings. The van der Waals surface area contributed by atoms with Crippen LogP contribution in [0.4, 0.5) is 0 Å². The molecule has 0 radical (unpaired) electrons. The molecule has 2 nitrogen and oxygen atoms in total. The summed E-state index contributed by atoms with van der Waals surface area (Å²) in [7, 11) is 0. The minimum atomic E-state index is 0.263. The molecule has 14 heavy (non-hydrogen) atoms. The second kappa shape index (κ2) is 3.93. The van der Waals surface area contributed by atoms with Crippen molar-refractivity contribution in [2.75, 3.05) is 0 Å². The molecule has 0 aliphatic heterocycles. The normalized spacial score (nSPS) is 10.5. The summed E-state index contributed by atoms with van der Waals surface area (Å²) in [5.74, 6) is 0. The molecule has 0 aliphatic rings. The quantitative estimate of drug-likeness (QED) is 0.778. The molecule has 0 aliphatic carbocycles. The van der Waals surface area contributed by atoms with Crippen molar-refractivity contribution < 1.29 is 4.52 Å². The summed E-state index contributed by atoms with van der Waals surface area (Å²) in [4.78, 5) is 0. The Bertz CT molecular complexity index is 470. The lowest BCUT2D eigenvalue weighted by molar-refractivity contribution is 0.424. The van der Waals surface area contributed by atoms with Crippen LogP contribution in [-0.2, 0) is 0 Å². The zero-order valence-electron chi connectivity index (χ0n) is 6.80. The summed E-state index contributed by atoms with van der Waals surface area (Å²) in [6.45, 7) is 0. The summed E-state index contributed by atoms with van der Waals surface area (Å²) in [5.41, 5.74) is 1.54. The van der Waals surface area contributed by atoms with Gasteiger partial charge in [0.15, 0.2) is 0 Å². The van der Waals surface area contributed by atoms with Gasteiger partial charge >= 0.3 is 0 Å². The maximum absolute atomic E-state index is 5.93. The minimum Gasteiger partial charge on any atom is -0.344 e. The number of rotatable bonds is 1. The third-order valence-corrected chi connectivity index (χ3v) is 3.11. The standard InChI is InChI=1S/C9H4BrCl2NO/c10-6-2-1-5(3-7(6)11)8-4-9(12)14-13-8/h1-4H. The van der Waals surface area contributed by atoms with Crippen LogP contribution in [0.15, 0.2) is 33.3 Å². The number of benzene rings is 1. The number of hydrogen-bond acceptors (Lipinski definition) is 2. The Balaban J connectivity index is 2.47. The molecule has 0 bridgehead atoms. The molecule has 0 unspecified atom stereocenters. The zero-order chi connectivity index (χ0) is 10.1. The van der Waals surface area contributed by atoms with E-state index in [4.69, 9.17) is 27.7 Å². The van der Waals surface area contributed by atoms with Crippen molar-refractivity contribution in [2.24, 2.45) is 0 Å². The van der Waals surface area contributed by atoms with E-state index < -0.39 is 0 Å². The van der Waals surface area contributed by atoms with Crippen molar-refractivity contribution in [3.63, 3.8) is 0 Å². The molecule has 0 amide bonds. The number of hydrogen-bond donors (Lipinski definition) is 0. The molecular weight excluding hydrogens is 289 g/mol. The zero-order valence-corrected chi connectivity index (χ0v) is 9.90. The van der Waals surface area contributed by atoms with Gasteiger partial charge in [-0.2, -0.15) is 0 Å². The van der Waals surface area contributed by atoms with E-state index in [1.807, 2.05) is 12.1 Å². The molecule has 0 saturated carbocycles. The van der Waals surface area contributed by atoms with Crippen LogP contribution >= 0.6 is 39.1 Å². The monoisotopic (exact) mass is 291 g/mol. The van der Waals surface area contributed by atoms with Gasteiger partial charge in [0.1, 0.15) is 5.69 Å². The van der Waals surface area contributed by atoms with E-state index in [9.17, 15) is 0 Å². The lowest BCUT2D eigenvalue weighted by Crippen LogP contribution is -1.77. The Hall–Kier alpha value is -0.510. The van der Waals surface area contributed by atoms with E-state index >= 15 is 0 Å². The number of aromatic nitrogens is 1. The first-order valence-corrected chi connectivity index (χ1v) is 5.29. The minimum absolute atomic E-state index is 0.263. The second-order valence-electron chi connectivity index (χ2n) is 2.65. The molecule has 2 aromatic rings. The largest absolute Gasteiger partial charge is 0.344 e. The fourth-order valence-corrected chi connectivity index (χ4v) is 1.61. The average Bonchev–Trinajstić information content (AvgIpc) is 2.57. The van der Waals surface area contributed by atoms with E-state index in [-0.39, 0.29) is 5.22 Å². The van der Waals surface area contributed by atoms with Crippen LogP contribution in [0.25, 0.3) is 11.3 Å². The summed E-state index contributed by atoms with van der Waals surface area (Å²) in [5, 5.41) is 4.67. The predicted octanol–water partition coefficient (Wildman–Crippen LogP) is 4.41. The van der Waals surface area contributed by atoms with Gasteiger partial charge in [-0.3, -0.25) is 0 Å². The van der Waals surface area contributed by atoms with E-state index in [1.165, 1.54) is 0 Å². The lowest BCUT2D eigenvalue weighted by atomic mass is 10.2. The second-order valence-corrected chi connectivity index (χ2v) is 4.28. The predicted molar refractivity (Wildman–Crippen MR) is 59.7 cm³/mol. The lowest BCUT2D eigenvalue weighted by Gasteiger charge is -1.98. The van der Waals surface area contributed by atoms with Gasteiger partial charge in [-0.05, 0) is 39.7 Å². The van der Waals surface area contributed by atoms with Crippen LogP contribution in [0.3, 0.4) is 0 Å². The van der Waals surface area contributed by atoms with Gasteiger partial charge in [-0.1, -0.05) is 22.8 Å². The molecule has 0 spiro atoms. The fourth-order valence-electron chi connectivity index (χ4n) is 1.04. The number of halogens is 3. The highest BCUT2D eigenvalue weighted by Gasteiger charge is 2.06. The average molecular weight is 293 g/mol. The van der Waals surface area contributed by atoms with Gasteiger partial charge in [0.05, 0.1) is 5.02 Å². The van der Waals surface area contributed by atoms with Crippen LogP contribution < -0.4 is 0 Å². The highest BCUT2D eigenvalue weighted by molar-refractivity contribution is 9.10. The van der Waals surface area contributed by atoms with Crippen molar-refractivity contribution in [1.82, 2.24) is 5.16 Å². The Morgan fingerprint density at radius 3 is 2.57 bits per heavy atom. The highest BCUT2D eigenvalue weighted by Crippen LogP contribution is 2.29. The van der Waals surface area contributed by atoms with Crippen molar-refractivity contribution in [3.8, 4) is 11.3 Å². The first kappa shape index (κ1) is 10.0. The van der Waals surface area contributed by atoms with E-state index in [1.54, 1.807) is 12.1 Å². The Morgan fingerprint density at radius 2 is 2.00 bits per heavy atom. The third kappa shape index (κ3) is 1.95. The molecule has 0 N–H and O–H groups in total. The summed E-state index contributed by atoms with van der Waals surface area (Å²) < 4.78 is 5.59. The van der Waals surface area contributed by atoms with Crippen LogP contribution in [-0.4, -0.2) is 5.16 Å². The molecule has 0 saturated heterocycles. The maximum Gasteiger partial charge on any atom is 0.226 e. The number of nitrogens with zero attached hydrogens (tertiary/aromatic N) is 1. The first-order valence-electron chi connectivity index (χ1n) is 3.74. The van der Waals surface area contributed by atoms with Gasteiger partial charge in [-0.15, -0.1) is 0 Å². The summed E-state index contributed by atoms with van der Waals surface area (Å²) >= 11 is 14.8. The van der Waals surface area contributed by atoms with Crippen molar-refractivity contribution in [3.05, 3.63) is 39.0 Å². The van der Waals surface area contributed by atoms with Crippen LogP contribution in [0.5, 0.6) is 0 Å². The van der Waals surface area contributed by atoms with Crippen molar-refractivity contribution >= 4 is 39.1 Å². The molecule has 72 valence electrons. The van der Waals surface area contributed by atoms with Gasteiger partial charge in [0.25, 0.3) is 0 Å². The summed E-state index contributed by atoms with van der Waals surface area (Å²) in [6.07, 6.45) is 0. The topological polar surface area (TPSA) is 26.0 Å². The smallest absolute Gasteiger partial charge is 0.226 e. The molecule has 0 atom stereocenters. The highest BCUT2D eigenvalue weighted by atomic mass is 79.9. The Labute approximate surface area is 98.9 Å². The van der Waals surface area contributed by atoms with E-state index in [2.05, 4.69) is 21.1 Å². The van der Waals surface area contributed by atoms with Crippen molar-refractivity contribution in [1.29, 1.82) is 0 Å². The van der Waals surface area contributed by atoms with Gasteiger partial charge in [-0.25, -0.2) is 0 Å². The van der Waals surface area contributed by atoms with Crippen LogP contribution in [0.2, 0.25) is 10.2 Å². The fraction of sp³-hybridized carbons (Fsp3) is 0. The molecule has 2 rings (SSSR count). The van der Waals surface area contributed by atoms with E-state index in [0.717, 1.165) is 10.0 Å². The Morgan fingerprint density at radius 1 is 1.21 bits per heavy atom. The van der Waals surface area contributed by atoms with Gasteiger partial charge in [0, 0.05) is 16.1 Å². The van der Waals surface area contributed by atoms with Crippen LogP contribution in [0.1, 0.15) is 0 Å². The van der Waals surface area contributed by atoms with Crippen LogP contribution in [0, 0.1) is 0 Å². The van der Waals surface area contributed by atoms with Crippen molar-refractivity contribution in [2.45, 2.75) is 0 Å². The first-order chi connectivity index (χ1) is 6.66. The molecular formula is C9H4BrCl2NO. The van der Waals surface area contributed by atoms with Gasteiger partial charge in [0.2, 0.25) is 5.22 Å². The molecule has 1 aromatic carbocycles.